The number of carbonyl (C=O) groups excluding carboxylic acids is 3. The van der Waals surface area contributed by atoms with Gasteiger partial charge >= 0.3 is 0 Å². The molecule has 0 aliphatic carbocycles. The van der Waals surface area contributed by atoms with Crippen LogP contribution in [0.1, 0.15) is 90.0 Å². The SMILES string of the molecule is CC(=O)NC(CNC(C)(C)C(C)C)C(=O)NC(C)(C)C(C)(C)C(=O)NC(C)(C)C(C)C. The van der Waals surface area contributed by atoms with Gasteiger partial charge in [-0.3, -0.25) is 14.4 Å². The average Bonchev–Trinajstić information content (AvgIpc) is 2.56. The van der Waals surface area contributed by atoms with Crippen LogP contribution in [-0.4, -0.2) is 46.9 Å². The Morgan fingerprint density at radius 2 is 1.19 bits per heavy atom. The first-order valence-electron chi connectivity index (χ1n) is 11.3. The molecule has 0 rings (SSSR count). The average molecular weight is 441 g/mol. The molecule has 0 heterocycles. The third kappa shape index (κ3) is 8.09. The highest BCUT2D eigenvalue weighted by Gasteiger charge is 2.46. The fourth-order valence-electron chi connectivity index (χ4n) is 2.45. The van der Waals surface area contributed by atoms with E-state index in [1.807, 2.05) is 41.5 Å². The van der Waals surface area contributed by atoms with Crippen molar-refractivity contribution >= 4 is 17.7 Å². The van der Waals surface area contributed by atoms with E-state index in [0.717, 1.165) is 0 Å². The monoisotopic (exact) mass is 440 g/mol. The van der Waals surface area contributed by atoms with Crippen LogP contribution in [0.5, 0.6) is 0 Å². The Kier molecular flexibility index (Phi) is 9.78. The minimum absolute atomic E-state index is 0.133. The molecule has 0 aromatic carbocycles. The van der Waals surface area contributed by atoms with Crippen molar-refractivity contribution in [3.05, 3.63) is 0 Å². The van der Waals surface area contributed by atoms with E-state index in [1.165, 1.54) is 6.92 Å². The minimum atomic E-state index is -0.889. The molecular formula is C24H48N4O3. The van der Waals surface area contributed by atoms with Gasteiger partial charge in [0.1, 0.15) is 6.04 Å². The van der Waals surface area contributed by atoms with Crippen molar-refractivity contribution in [2.45, 2.75) is 113 Å². The Labute approximate surface area is 190 Å². The number of rotatable bonds is 11. The van der Waals surface area contributed by atoms with Crippen LogP contribution in [0.3, 0.4) is 0 Å². The van der Waals surface area contributed by atoms with E-state index in [0.29, 0.717) is 12.5 Å². The maximum absolute atomic E-state index is 13.1. The summed E-state index contributed by atoms with van der Waals surface area (Å²) in [6.07, 6.45) is 0. The van der Waals surface area contributed by atoms with Crippen LogP contribution >= 0.6 is 0 Å². The van der Waals surface area contributed by atoms with Gasteiger partial charge < -0.3 is 21.3 Å². The van der Waals surface area contributed by atoms with Gasteiger partial charge in [-0.1, -0.05) is 27.7 Å². The van der Waals surface area contributed by atoms with Crippen molar-refractivity contribution < 1.29 is 14.4 Å². The molecule has 31 heavy (non-hydrogen) atoms. The van der Waals surface area contributed by atoms with Gasteiger partial charge in [-0.2, -0.15) is 0 Å². The van der Waals surface area contributed by atoms with E-state index in [4.69, 9.17) is 0 Å². The van der Waals surface area contributed by atoms with Gasteiger partial charge in [0.05, 0.1) is 5.41 Å². The Morgan fingerprint density at radius 3 is 1.58 bits per heavy atom. The molecular weight excluding hydrogens is 392 g/mol. The van der Waals surface area contributed by atoms with E-state index < -0.39 is 17.0 Å². The van der Waals surface area contributed by atoms with Crippen molar-refractivity contribution in [1.29, 1.82) is 0 Å². The van der Waals surface area contributed by atoms with E-state index >= 15 is 0 Å². The summed E-state index contributed by atoms with van der Waals surface area (Å²) in [5.41, 5.74) is -2.32. The Morgan fingerprint density at radius 1 is 0.742 bits per heavy atom. The summed E-state index contributed by atoms with van der Waals surface area (Å²) in [5.74, 6) is -0.137. The van der Waals surface area contributed by atoms with Crippen molar-refractivity contribution in [2.75, 3.05) is 6.54 Å². The third-order valence-electron chi connectivity index (χ3n) is 7.34. The first kappa shape index (κ1) is 29.4. The second-order valence-electron chi connectivity index (χ2n) is 11.6. The Bertz CT molecular complexity index is 649. The number of hydrogen-bond donors (Lipinski definition) is 4. The van der Waals surface area contributed by atoms with Crippen molar-refractivity contribution in [2.24, 2.45) is 17.3 Å². The summed E-state index contributed by atoms with van der Waals surface area (Å²) in [7, 11) is 0. The first-order chi connectivity index (χ1) is 13.7. The quantitative estimate of drug-likeness (QED) is 0.397. The van der Waals surface area contributed by atoms with E-state index in [1.54, 1.807) is 0 Å². The minimum Gasteiger partial charge on any atom is -0.350 e. The molecule has 3 amide bonds. The largest absolute Gasteiger partial charge is 0.350 e. The van der Waals surface area contributed by atoms with E-state index in [-0.39, 0.29) is 34.7 Å². The normalized spacial score (nSPS) is 14.4. The zero-order valence-electron chi connectivity index (χ0n) is 22.2. The molecule has 4 N–H and O–H groups in total. The highest BCUT2D eigenvalue weighted by molar-refractivity contribution is 5.89. The molecule has 0 aromatic heterocycles. The summed E-state index contributed by atoms with van der Waals surface area (Å²) < 4.78 is 0. The van der Waals surface area contributed by atoms with Gasteiger partial charge in [-0.25, -0.2) is 0 Å². The lowest BCUT2D eigenvalue weighted by Gasteiger charge is -2.44. The van der Waals surface area contributed by atoms with Crippen molar-refractivity contribution in [1.82, 2.24) is 21.3 Å². The predicted octanol–water partition coefficient (Wildman–Crippen LogP) is 2.99. The van der Waals surface area contributed by atoms with Crippen LogP contribution in [0.15, 0.2) is 0 Å². The number of carbonyl (C=O) groups is 3. The standard InChI is InChI=1S/C24H48N4O3/c1-15(2)22(8,9)25-14-18(26-17(5)29)19(30)27-24(12,13)21(6,7)20(31)28-23(10,11)16(3)4/h15-16,18,25H,14H2,1-13H3,(H,26,29)(H,27,30)(H,28,31). The molecule has 7 nitrogen and oxygen atoms in total. The highest BCUT2D eigenvalue weighted by Crippen LogP contribution is 2.32. The molecule has 0 spiro atoms. The van der Waals surface area contributed by atoms with Gasteiger partial charge in [0.15, 0.2) is 0 Å². The lowest BCUT2D eigenvalue weighted by atomic mass is 9.72. The molecule has 0 aliphatic heterocycles. The molecule has 0 fully saturated rings. The summed E-state index contributed by atoms with van der Waals surface area (Å²) in [5, 5.41) is 12.2. The summed E-state index contributed by atoms with van der Waals surface area (Å²) in [6.45, 7) is 25.4. The maximum atomic E-state index is 13.1. The molecule has 0 bridgehead atoms. The number of amides is 3. The van der Waals surface area contributed by atoms with Crippen LogP contribution in [0.25, 0.3) is 0 Å². The van der Waals surface area contributed by atoms with E-state index in [2.05, 4.69) is 62.8 Å². The predicted molar refractivity (Wildman–Crippen MR) is 128 cm³/mol. The van der Waals surface area contributed by atoms with Crippen LogP contribution in [0.2, 0.25) is 0 Å². The van der Waals surface area contributed by atoms with Gasteiger partial charge in [-0.15, -0.1) is 0 Å². The van der Waals surface area contributed by atoms with Gasteiger partial charge in [-0.05, 0) is 67.2 Å². The van der Waals surface area contributed by atoms with E-state index in [9.17, 15) is 14.4 Å². The number of nitrogens with one attached hydrogen (secondary N) is 4. The fourth-order valence-corrected chi connectivity index (χ4v) is 2.45. The zero-order valence-corrected chi connectivity index (χ0v) is 22.2. The summed E-state index contributed by atoms with van der Waals surface area (Å²) in [4.78, 5) is 38.0. The Balaban J connectivity index is 5.53. The molecule has 0 saturated heterocycles. The van der Waals surface area contributed by atoms with Gasteiger partial charge in [0, 0.05) is 30.1 Å². The first-order valence-corrected chi connectivity index (χ1v) is 11.3. The number of hydrogen-bond acceptors (Lipinski definition) is 4. The third-order valence-corrected chi connectivity index (χ3v) is 7.34. The van der Waals surface area contributed by atoms with Gasteiger partial charge in [0.2, 0.25) is 17.7 Å². The lowest BCUT2D eigenvalue weighted by Crippen LogP contribution is -2.65. The van der Waals surface area contributed by atoms with Crippen LogP contribution in [0.4, 0.5) is 0 Å². The van der Waals surface area contributed by atoms with Crippen molar-refractivity contribution in [3.63, 3.8) is 0 Å². The van der Waals surface area contributed by atoms with Gasteiger partial charge in [0.25, 0.3) is 0 Å². The summed E-state index contributed by atoms with van der Waals surface area (Å²) >= 11 is 0. The molecule has 0 aliphatic rings. The second kappa shape index (κ2) is 10.3. The van der Waals surface area contributed by atoms with Crippen LogP contribution in [-0.2, 0) is 14.4 Å². The molecule has 7 heteroatoms. The fraction of sp³-hybridized carbons (Fsp3) is 0.875. The second-order valence-corrected chi connectivity index (χ2v) is 11.6. The molecule has 0 saturated carbocycles. The Hall–Kier alpha value is -1.63. The smallest absolute Gasteiger partial charge is 0.244 e. The lowest BCUT2D eigenvalue weighted by molar-refractivity contribution is -0.138. The zero-order chi connectivity index (χ0) is 25.0. The molecule has 0 aromatic rings. The highest BCUT2D eigenvalue weighted by atomic mass is 16.2. The summed E-state index contributed by atoms with van der Waals surface area (Å²) in [6, 6.07) is -0.749. The van der Waals surface area contributed by atoms with Crippen molar-refractivity contribution in [3.8, 4) is 0 Å². The molecule has 0 radical (unpaired) electrons. The van der Waals surface area contributed by atoms with Crippen LogP contribution < -0.4 is 21.3 Å². The van der Waals surface area contributed by atoms with Crippen LogP contribution in [0, 0.1) is 17.3 Å². The molecule has 1 unspecified atom stereocenters. The maximum Gasteiger partial charge on any atom is 0.244 e. The molecule has 182 valence electrons. The molecule has 1 atom stereocenters. The topological polar surface area (TPSA) is 99.3 Å².